The zero-order chi connectivity index (χ0) is 19.4. The Morgan fingerprint density at radius 3 is 2.22 bits per heavy atom. The summed E-state index contributed by atoms with van der Waals surface area (Å²) in [5.41, 5.74) is 1.66. The second-order valence-corrected chi connectivity index (χ2v) is 6.26. The lowest BCUT2D eigenvalue weighted by Crippen LogP contribution is -2.17. The molecule has 5 nitrogen and oxygen atoms in total. The smallest absolute Gasteiger partial charge is 0.406 e. The third-order valence-electron chi connectivity index (χ3n) is 3.88. The van der Waals surface area contributed by atoms with Crippen molar-refractivity contribution in [1.82, 2.24) is 0 Å². The van der Waals surface area contributed by atoms with Gasteiger partial charge < -0.3 is 15.4 Å². The molecule has 0 saturated heterocycles. The minimum atomic E-state index is -4.75. The molecule has 1 aliphatic rings. The van der Waals surface area contributed by atoms with Gasteiger partial charge in [0, 0.05) is 17.3 Å². The summed E-state index contributed by atoms with van der Waals surface area (Å²) in [6.07, 6.45) is -2.96. The fourth-order valence-electron chi connectivity index (χ4n) is 2.46. The van der Waals surface area contributed by atoms with Crippen LogP contribution < -0.4 is 15.4 Å². The Labute approximate surface area is 153 Å². The number of alkyl halides is 3. The molecule has 3 rings (SSSR count). The summed E-state index contributed by atoms with van der Waals surface area (Å²) in [6, 6.07) is 11.9. The number of hydrogen-bond donors (Lipinski definition) is 2. The first-order valence-electron chi connectivity index (χ1n) is 8.34. The second kappa shape index (κ2) is 7.69. The third kappa shape index (κ3) is 6.02. The van der Waals surface area contributed by atoms with E-state index in [0.29, 0.717) is 16.9 Å². The summed E-state index contributed by atoms with van der Waals surface area (Å²) < 4.78 is 40.2. The third-order valence-corrected chi connectivity index (χ3v) is 3.88. The molecule has 1 saturated carbocycles. The molecular weight excluding hydrogens is 361 g/mol. The van der Waals surface area contributed by atoms with Gasteiger partial charge in [0.1, 0.15) is 5.75 Å². The molecule has 2 N–H and O–H groups in total. The van der Waals surface area contributed by atoms with Crippen molar-refractivity contribution in [2.45, 2.75) is 25.6 Å². The molecule has 0 heterocycles. The van der Waals surface area contributed by atoms with Gasteiger partial charge in [0.15, 0.2) is 0 Å². The van der Waals surface area contributed by atoms with Gasteiger partial charge in [0.05, 0.1) is 6.42 Å². The molecule has 0 radical (unpaired) electrons. The number of carbonyl (C=O) groups is 2. The molecule has 8 heteroatoms. The highest BCUT2D eigenvalue weighted by molar-refractivity contribution is 5.96. The fraction of sp³-hybridized carbons (Fsp3) is 0.263. The van der Waals surface area contributed by atoms with Crippen LogP contribution in [-0.4, -0.2) is 18.2 Å². The highest BCUT2D eigenvalue weighted by atomic mass is 19.4. The molecule has 0 aromatic heterocycles. The van der Waals surface area contributed by atoms with E-state index < -0.39 is 6.36 Å². The van der Waals surface area contributed by atoms with E-state index in [0.717, 1.165) is 25.0 Å². The van der Waals surface area contributed by atoms with Crippen molar-refractivity contribution in [3.05, 3.63) is 54.1 Å². The SMILES string of the molecule is O=C(Cc1ccc(OC(F)(F)F)cc1)Nc1cccc(NC(=O)C2CC2)c1. The first-order valence-corrected chi connectivity index (χ1v) is 8.34. The van der Waals surface area contributed by atoms with Crippen molar-refractivity contribution in [3.63, 3.8) is 0 Å². The van der Waals surface area contributed by atoms with Crippen LogP contribution in [0.15, 0.2) is 48.5 Å². The second-order valence-electron chi connectivity index (χ2n) is 6.26. The lowest BCUT2D eigenvalue weighted by atomic mass is 10.1. The predicted molar refractivity (Wildman–Crippen MR) is 93.3 cm³/mol. The summed E-state index contributed by atoms with van der Waals surface area (Å²) in [6.45, 7) is 0. The molecule has 142 valence electrons. The van der Waals surface area contributed by atoms with Crippen LogP contribution >= 0.6 is 0 Å². The molecule has 2 aromatic carbocycles. The van der Waals surface area contributed by atoms with Crippen LogP contribution in [0.3, 0.4) is 0 Å². The number of anilines is 2. The molecule has 0 bridgehead atoms. The number of nitrogens with one attached hydrogen (secondary N) is 2. The number of halogens is 3. The monoisotopic (exact) mass is 378 g/mol. The van der Waals surface area contributed by atoms with Gasteiger partial charge in [-0.15, -0.1) is 13.2 Å². The van der Waals surface area contributed by atoms with Crippen molar-refractivity contribution in [1.29, 1.82) is 0 Å². The minimum Gasteiger partial charge on any atom is -0.406 e. The van der Waals surface area contributed by atoms with Crippen LogP contribution in [0, 0.1) is 5.92 Å². The Morgan fingerprint density at radius 1 is 1.00 bits per heavy atom. The van der Waals surface area contributed by atoms with Crippen LogP contribution in [0.25, 0.3) is 0 Å². The van der Waals surface area contributed by atoms with Crippen molar-refractivity contribution in [3.8, 4) is 5.75 Å². The standard InChI is InChI=1S/C19H17F3N2O3/c20-19(21,22)27-16-8-4-12(5-9-16)10-17(25)23-14-2-1-3-15(11-14)24-18(26)13-6-7-13/h1-5,8-9,11,13H,6-7,10H2,(H,23,25)(H,24,26). The fourth-order valence-corrected chi connectivity index (χ4v) is 2.46. The van der Waals surface area contributed by atoms with Crippen LogP contribution in [0.4, 0.5) is 24.5 Å². The average Bonchev–Trinajstić information content (AvgIpc) is 3.40. The lowest BCUT2D eigenvalue weighted by molar-refractivity contribution is -0.274. The Kier molecular flexibility index (Phi) is 5.34. The maximum atomic E-state index is 12.1. The molecule has 1 aliphatic carbocycles. The zero-order valence-electron chi connectivity index (χ0n) is 14.2. The zero-order valence-corrected chi connectivity index (χ0v) is 14.2. The van der Waals surface area contributed by atoms with Crippen LogP contribution in [0.5, 0.6) is 5.75 Å². The maximum Gasteiger partial charge on any atom is 0.573 e. The maximum absolute atomic E-state index is 12.1. The minimum absolute atomic E-state index is 0.00897. The molecule has 0 unspecified atom stereocenters. The van der Waals surface area contributed by atoms with Crippen molar-refractivity contribution >= 4 is 23.2 Å². The Balaban J connectivity index is 1.55. The van der Waals surface area contributed by atoms with Gasteiger partial charge in [-0.1, -0.05) is 18.2 Å². The van der Waals surface area contributed by atoms with Gasteiger partial charge >= 0.3 is 6.36 Å². The Hall–Kier alpha value is -3.03. The van der Waals surface area contributed by atoms with E-state index in [-0.39, 0.29) is 29.9 Å². The van der Waals surface area contributed by atoms with Crippen molar-refractivity contribution in [2.75, 3.05) is 10.6 Å². The molecule has 2 amide bonds. The summed E-state index contributed by atoms with van der Waals surface area (Å²) >= 11 is 0. The Morgan fingerprint density at radius 2 is 1.63 bits per heavy atom. The van der Waals surface area contributed by atoms with Gasteiger partial charge in [0.2, 0.25) is 11.8 Å². The van der Waals surface area contributed by atoms with Gasteiger partial charge in [-0.25, -0.2) is 0 Å². The Bertz CT molecular complexity index is 831. The van der Waals surface area contributed by atoms with E-state index in [2.05, 4.69) is 15.4 Å². The molecule has 0 aliphatic heterocycles. The topological polar surface area (TPSA) is 67.4 Å². The van der Waals surface area contributed by atoms with Crippen LogP contribution in [0.2, 0.25) is 0 Å². The number of rotatable bonds is 6. The number of ether oxygens (including phenoxy) is 1. The molecule has 27 heavy (non-hydrogen) atoms. The summed E-state index contributed by atoms with van der Waals surface area (Å²) in [4.78, 5) is 23.9. The van der Waals surface area contributed by atoms with E-state index in [1.165, 1.54) is 12.1 Å². The van der Waals surface area contributed by atoms with Crippen molar-refractivity contribution < 1.29 is 27.5 Å². The van der Waals surface area contributed by atoms with E-state index in [9.17, 15) is 22.8 Å². The number of carbonyl (C=O) groups excluding carboxylic acids is 2. The van der Waals surface area contributed by atoms with Gasteiger partial charge in [-0.05, 0) is 48.7 Å². The normalized spacial score (nSPS) is 13.7. The summed E-state index contributed by atoms with van der Waals surface area (Å²) in [5.74, 6) is -0.622. The van der Waals surface area contributed by atoms with E-state index in [1.54, 1.807) is 24.3 Å². The number of amides is 2. The van der Waals surface area contributed by atoms with E-state index in [4.69, 9.17) is 0 Å². The number of benzene rings is 2. The van der Waals surface area contributed by atoms with Gasteiger partial charge in [-0.2, -0.15) is 0 Å². The molecule has 2 aromatic rings. The average molecular weight is 378 g/mol. The molecule has 0 atom stereocenters. The van der Waals surface area contributed by atoms with Gasteiger partial charge in [0.25, 0.3) is 0 Å². The quantitative estimate of drug-likeness (QED) is 0.795. The van der Waals surface area contributed by atoms with E-state index in [1.807, 2.05) is 0 Å². The number of hydrogen-bond acceptors (Lipinski definition) is 3. The predicted octanol–water partition coefficient (Wildman–Crippen LogP) is 4.11. The largest absolute Gasteiger partial charge is 0.573 e. The van der Waals surface area contributed by atoms with E-state index >= 15 is 0 Å². The summed E-state index contributed by atoms with van der Waals surface area (Å²) in [7, 11) is 0. The lowest BCUT2D eigenvalue weighted by Gasteiger charge is -2.10. The van der Waals surface area contributed by atoms with Crippen molar-refractivity contribution in [2.24, 2.45) is 5.92 Å². The van der Waals surface area contributed by atoms with Crippen LogP contribution in [-0.2, 0) is 16.0 Å². The first-order chi connectivity index (χ1) is 12.8. The summed E-state index contributed by atoms with van der Waals surface area (Å²) in [5, 5.41) is 5.50. The highest BCUT2D eigenvalue weighted by Crippen LogP contribution is 2.30. The molecule has 0 spiro atoms. The highest BCUT2D eigenvalue weighted by Gasteiger charge is 2.31. The van der Waals surface area contributed by atoms with Crippen LogP contribution in [0.1, 0.15) is 18.4 Å². The molecule has 1 fully saturated rings. The first kappa shape index (κ1) is 18.8. The van der Waals surface area contributed by atoms with Gasteiger partial charge in [-0.3, -0.25) is 9.59 Å². The molecular formula is C19H17F3N2O3.